The van der Waals surface area contributed by atoms with Gasteiger partial charge in [-0.2, -0.15) is 4.39 Å². The van der Waals surface area contributed by atoms with E-state index in [1.165, 1.54) is 0 Å². The molecule has 5 nitrogen and oxygen atoms in total. The Morgan fingerprint density at radius 1 is 0.944 bits per heavy atom. The topological polar surface area (TPSA) is 98.0 Å². The molecule has 0 bridgehead atoms. The summed E-state index contributed by atoms with van der Waals surface area (Å²) in [5.41, 5.74) is -0.892. The first-order valence-corrected chi connectivity index (χ1v) is 5.52. The van der Waals surface area contributed by atoms with Crippen molar-refractivity contribution in [1.82, 2.24) is 0 Å². The lowest BCUT2D eigenvalue weighted by atomic mass is 10.1. The first-order valence-electron chi connectivity index (χ1n) is 3.96. The number of halogens is 4. The Balaban J connectivity index is 0.000000494. The van der Waals surface area contributed by atoms with Crippen molar-refractivity contribution in [2.24, 2.45) is 0 Å². The molecule has 4 N–H and O–H groups in total. The second kappa shape index (κ2) is 5.96. The molecular formula is C8H7F4O5P. The third-order valence-electron chi connectivity index (χ3n) is 1.48. The van der Waals surface area contributed by atoms with Crippen LogP contribution < -0.4 is 0 Å². The fourth-order valence-electron chi connectivity index (χ4n) is 0.818. The summed E-state index contributed by atoms with van der Waals surface area (Å²) < 4.78 is 59.2. The molecule has 1 rings (SSSR count). The summed E-state index contributed by atoms with van der Waals surface area (Å²) >= 11 is 0. The van der Waals surface area contributed by atoms with Gasteiger partial charge in [0.05, 0.1) is 5.56 Å². The molecule has 0 fully saturated rings. The minimum atomic E-state index is -4.64. The van der Waals surface area contributed by atoms with Gasteiger partial charge in [0.25, 0.3) is 0 Å². The van der Waals surface area contributed by atoms with Crippen molar-refractivity contribution in [3.05, 3.63) is 35.4 Å². The van der Waals surface area contributed by atoms with E-state index in [1.54, 1.807) is 0 Å². The number of phosphoric acid groups is 1. The van der Waals surface area contributed by atoms with Crippen molar-refractivity contribution in [1.29, 1.82) is 0 Å². The zero-order chi connectivity index (χ0) is 14.7. The van der Waals surface area contributed by atoms with E-state index in [9.17, 15) is 17.6 Å². The van der Waals surface area contributed by atoms with Crippen LogP contribution in [0, 0.1) is 23.3 Å². The van der Waals surface area contributed by atoms with Gasteiger partial charge in [-0.3, -0.25) is 0 Å². The van der Waals surface area contributed by atoms with Gasteiger partial charge in [0.1, 0.15) is 0 Å². The van der Waals surface area contributed by atoms with E-state index in [1.807, 2.05) is 0 Å². The predicted octanol–water partition coefficient (Wildman–Crippen LogP) is 1.66. The van der Waals surface area contributed by atoms with Crippen molar-refractivity contribution < 1.29 is 41.9 Å². The van der Waals surface area contributed by atoms with Gasteiger partial charge in [0, 0.05) is 0 Å². The van der Waals surface area contributed by atoms with E-state index in [0.717, 1.165) is 0 Å². The van der Waals surface area contributed by atoms with E-state index in [-0.39, 0.29) is 0 Å². The van der Waals surface area contributed by atoms with Gasteiger partial charge in [-0.1, -0.05) is 12.7 Å². The van der Waals surface area contributed by atoms with Crippen LogP contribution in [0.3, 0.4) is 0 Å². The monoisotopic (exact) mass is 290 g/mol. The molecule has 0 atom stereocenters. The first-order chi connectivity index (χ1) is 8.00. The molecule has 0 aliphatic rings. The average Bonchev–Trinajstić information content (AvgIpc) is 2.22. The molecule has 0 amide bonds. The Bertz CT molecular complexity index is 475. The van der Waals surface area contributed by atoms with Gasteiger partial charge >= 0.3 is 7.82 Å². The smallest absolute Gasteiger partial charge is 0.466 e. The molecule has 0 saturated heterocycles. The lowest BCUT2D eigenvalue weighted by molar-refractivity contribution is 0.275. The minimum Gasteiger partial charge on any atom is -0.503 e. The third-order valence-corrected chi connectivity index (χ3v) is 1.48. The molecule has 10 heteroatoms. The molecule has 0 saturated carbocycles. The number of rotatable bonds is 1. The highest BCUT2D eigenvalue weighted by Gasteiger charge is 2.23. The summed E-state index contributed by atoms with van der Waals surface area (Å²) in [4.78, 5) is 21.6. The van der Waals surface area contributed by atoms with E-state index in [4.69, 9.17) is 24.4 Å². The molecule has 0 unspecified atom stereocenters. The molecule has 1 aromatic rings. The van der Waals surface area contributed by atoms with Gasteiger partial charge < -0.3 is 19.8 Å². The van der Waals surface area contributed by atoms with Gasteiger partial charge in [-0.05, 0) is 0 Å². The average molecular weight is 290 g/mol. The molecule has 1 aromatic carbocycles. The second-order valence-corrected chi connectivity index (χ2v) is 3.76. The maximum Gasteiger partial charge on any atom is 0.466 e. The van der Waals surface area contributed by atoms with E-state index < -0.39 is 42.4 Å². The van der Waals surface area contributed by atoms with Crippen molar-refractivity contribution in [2.45, 2.75) is 0 Å². The summed E-state index contributed by atoms with van der Waals surface area (Å²) in [6.45, 7) is 2.98. The van der Waals surface area contributed by atoms with Crippen LogP contribution in [-0.4, -0.2) is 19.8 Å². The van der Waals surface area contributed by atoms with Crippen LogP contribution in [0.5, 0.6) is 5.75 Å². The highest BCUT2D eigenvalue weighted by atomic mass is 31.2. The van der Waals surface area contributed by atoms with E-state index >= 15 is 0 Å². The van der Waals surface area contributed by atoms with Crippen LogP contribution in [0.2, 0.25) is 0 Å². The van der Waals surface area contributed by atoms with Crippen LogP contribution in [-0.2, 0) is 4.57 Å². The summed E-state index contributed by atoms with van der Waals surface area (Å²) in [5.74, 6) is -8.68. The Labute approximate surface area is 97.9 Å². The van der Waals surface area contributed by atoms with Gasteiger partial charge in [-0.25, -0.2) is 17.7 Å². The fourth-order valence-corrected chi connectivity index (χ4v) is 0.818. The highest BCUT2D eigenvalue weighted by molar-refractivity contribution is 7.45. The van der Waals surface area contributed by atoms with Crippen LogP contribution in [0.15, 0.2) is 6.58 Å². The minimum absolute atomic E-state index is 0.646. The van der Waals surface area contributed by atoms with Crippen LogP contribution in [0.25, 0.3) is 6.08 Å². The number of phenols is 1. The summed E-state index contributed by atoms with van der Waals surface area (Å²) in [6.07, 6.45) is 0.646. The fraction of sp³-hybridized carbons (Fsp3) is 0. The molecule has 0 spiro atoms. The standard InChI is InChI=1S/C8H4F4O.H3O4P/c1-2-3-4(9)6(11)7(12)8(13)5(3)10;1-5(2,3)4/h2,13H,1H2;(H3,1,2,3,4). The molecule has 0 radical (unpaired) electrons. The maximum atomic E-state index is 12.7. The molecule has 0 aliphatic heterocycles. The molecular weight excluding hydrogens is 283 g/mol. The molecule has 0 aromatic heterocycles. The highest BCUT2D eigenvalue weighted by Crippen LogP contribution is 2.29. The largest absolute Gasteiger partial charge is 0.503 e. The molecule has 0 aliphatic carbocycles. The van der Waals surface area contributed by atoms with Crippen molar-refractivity contribution in [2.75, 3.05) is 0 Å². The maximum absolute atomic E-state index is 12.7. The van der Waals surface area contributed by atoms with Crippen LogP contribution in [0.4, 0.5) is 17.6 Å². The SMILES string of the molecule is C=Cc1c(F)c(O)c(F)c(F)c1F.O=P(O)(O)O. The third kappa shape index (κ3) is 4.46. The molecule has 0 heterocycles. The number of aromatic hydroxyl groups is 1. The molecule has 102 valence electrons. The summed E-state index contributed by atoms with van der Waals surface area (Å²) in [6, 6.07) is 0. The predicted molar refractivity (Wildman–Crippen MR) is 52.3 cm³/mol. The van der Waals surface area contributed by atoms with Crippen LogP contribution in [0.1, 0.15) is 5.56 Å². The van der Waals surface area contributed by atoms with Crippen LogP contribution >= 0.6 is 7.82 Å². The Hall–Kier alpha value is -1.41. The lowest BCUT2D eigenvalue weighted by Gasteiger charge is -2.04. The van der Waals surface area contributed by atoms with E-state index in [2.05, 4.69) is 6.58 Å². The summed E-state index contributed by atoms with van der Waals surface area (Å²) in [5, 5.41) is 8.62. The second-order valence-electron chi connectivity index (χ2n) is 2.74. The Kier molecular flexibility index (Phi) is 5.50. The first kappa shape index (κ1) is 16.6. The normalized spacial score (nSPS) is 10.6. The number of hydrogen-bond acceptors (Lipinski definition) is 2. The van der Waals surface area contributed by atoms with E-state index in [0.29, 0.717) is 6.08 Å². The summed E-state index contributed by atoms with van der Waals surface area (Å²) in [7, 11) is -4.64. The number of hydrogen-bond donors (Lipinski definition) is 4. The number of phenolic OH excluding ortho intramolecular Hbond substituents is 1. The van der Waals surface area contributed by atoms with Crippen molar-refractivity contribution in [3.8, 4) is 5.75 Å². The van der Waals surface area contributed by atoms with Crippen molar-refractivity contribution >= 4 is 13.9 Å². The van der Waals surface area contributed by atoms with Gasteiger partial charge in [-0.15, -0.1) is 0 Å². The van der Waals surface area contributed by atoms with Gasteiger partial charge in [0.2, 0.25) is 5.82 Å². The zero-order valence-corrected chi connectivity index (χ0v) is 9.34. The zero-order valence-electron chi connectivity index (χ0n) is 8.44. The molecule has 18 heavy (non-hydrogen) atoms. The quantitative estimate of drug-likeness (QED) is 0.273. The Morgan fingerprint density at radius 2 is 1.33 bits per heavy atom. The lowest BCUT2D eigenvalue weighted by Crippen LogP contribution is -1.99. The van der Waals surface area contributed by atoms with Gasteiger partial charge in [0.15, 0.2) is 23.2 Å². The Morgan fingerprint density at radius 3 is 1.67 bits per heavy atom. The van der Waals surface area contributed by atoms with Crippen molar-refractivity contribution in [3.63, 3.8) is 0 Å². The number of benzene rings is 1.